The summed E-state index contributed by atoms with van der Waals surface area (Å²) in [6.07, 6.45) is 14.0. The van der Waals surface area contributed by atoms with E-state index in [1.807, 2.05) is 12.1 Å². The van der Waals surface area contributed by atoms with E-state index in [0.29, 0.717) is 5.92 Å². The Labute approximate surface area is 186 Å². The quantitative estimate of drug-likeness (QED) is 0.383. The molecule has 0 aliphatic heterocycles. The summed E-state index contributed by atoms with van der Waals surface area (Å²) in [5.41, 5.74) is 3.61. The summed E-state index contributed by atoms with van der Waals surface area (Å²) in [5, 5.41) is 0. The van der Waals surface area contributed by atoms with Crippen molar-refractivity contribution < 1.29 is 13.5 Å². The first-order valence-corrected chi connectivity index (χ1v) is 12.3. The van der Waals surface area contributed by atoms with Crippen LogP contribution in [0.2, 0.25) is 0 Å². The van der Waals surface area contributed by atoms with E-state index in [-0.39, 0.29) is 5.75 Å². The van der Waals surface area contributed by atoms with Crippen LogP contribution in [0.4, 0.5) is 8.78 Å². The van der Waals surface area contributed by atoms with Crippen LogP contribution in [0.25, 0.3) is 11.1 Å². The Morgan fingerprint density at radius 2 is 1.45 bits per heavy atom. The van der Waals surface area contributed by atoms with Crippen LogP contribution in [0.5, 0.6) is 5.75 Å². The molecule has 4 atom stereocenters. The number of benzene rings is 2. The maximum atomic E-state index is 12.3. The Hall–Kier alpha value is -1.90. The smallest absolute Gasteiger partial charge is 0.387 e. The van der Waals surface area contributed by atoms with Gasteiger partial charge in [0.05, 0.1) is 0 Å². The van der Waals surface area contributed by atoms with Crippen molar-refractivity contribution in [3.8, 4) is 16.9 Å². The van der Waals surface area contributed by atoms with Crippen LogP contribution >= 0.6 is 0 Å². The van der Waals surface area contributed by atoms with Gasteiger partial charge >= 0.3 is 6.61 Å². The van der Waals surface area contributed by atoms with E-state index in [9.17, 15) is 8.78 Å². The van der Waals surface area contributed by atoms with Gasteiger partial charge in [0.2, 0.25) is 0 Å². The van der Waals surface area contributed by atoms with Crippen LogP contribution in [-0.4, -0.2) is 6.61 Å². The SMILES string of the molecule is CCCCCC1CCC2CC(c3ccc(-c4ccc(OC(F)F)cc4)cc3)CCC2C1. The van der Waals surface area contributed by atoms with E-state index in [0.717, 1.165) is 28.9 Å². The topological polar surface area (TPSA) is 9.23 Å². The van der Waals surface area contributed by atoms with Crippen molar-refractivity contribution in [2.45, 2.75) is 83.7 Å². The zero-order valence-corrected chi connectivity index (χ0v) is 18.7. The van der Waals surface area contributed by atoms with E-state index in [4.69, 9.17) is 0 Å². The minimum atomic E-state index is -2.78. The number of alkyl halides is 2. The van der Waals surface area contributed by atoms with Crippen LogP contribution in [0.3, 0.4) is 0 Å². The lowest BCUT2D eigenvalue weighted by molar-refractivity contribution is -0.0498. The highest BCUT2D eigenvalue weighted by Crippen LogP contribution is 2.48. The van der Waals surface area contributed by atoms with Crippen molar-refractivity contribution in [1.82, 2.24) is 0 Å². The van der Waals surface area contributed by atoms with Gasteiger partial charge in [0.15, 0.2) is 0 Å². The minimum absolute atomic E-state index is 0.201. The molecule has 0 bridgehead atoms. The molecule has 0 amide bonds. The Balaban J connectivity index is 1.32. The van der Waals surface area contributed by atoms with Crippen molar-refractivity contribution in [2.75, 3.05) is 0 Å². The number of hydrogen-bond acceptors (Lipinski definition) is 1. The van der Waals surface area contributed by atoms with Crippen LogP contribution in [0.15, 0.2) is 48.5 Å². The molecule has 4 rings (SSSR count). The molecular weight excluding hydrogens is 390 g/mol. The number of ether oxygens (including phenoxy) is 1. The fourth-order valence-electron chi connectivity index (χ4n) is 6.01. The van der Waals surface area contributed by atoms with E-state index in [2.05, 4.69) is 35.9 Å². The summed E-state index contributed by atoms with van der Waals surface area (Å²) in [6.45, 7) is -0.483. The average molecular weight is 427 g/mol. The van der Waals surface area contributed by atoms with Crippen molar-refractivity contribution in [1.29, 1.82) is 0 Å². The molecule has 2 aliphatic rings. The monoisotopic (exact) mass is 426 g/mol. The molecule has 168 valence electrons. The van der Waals surface area contributed by atoms with Gasteiger partial charge in [0, 0.05) is 0 Å². The lowest BCUT2D eigenvalue weighted by atomic mass is 9.63. The Kier molecular flexibility index (Phi) is 7.63. The van der Waals surface area contributed by atoms with Gasteiger partial charge in [-0.05, 0) is 84.6 Å². The normalized spacial score (nSPS) is 25.9. The number of hydrogen-bond donors (Lipinski definition) is 0. The third-order valence-corrected chi connectivity index (χ3v) is 7.73. The van der Waals surface area contributed by atoms with Gasteiger partial charge in [-0.25, -0.2) is 0 Å². The zero-order valence-electron chi connectivity index (χ0n) is 18.7. The molecule has 2 saturated carbocycles. The maximum absolute atomic E-state index is 12.3. The number of rotatable bonds is 8. The summed E-state index contributed by atoms with van der Waals surface area (Å²) in [5.74, 6) is 3.76. The predicted octanol–water partition coefficient (Wildman–Crippen LogP) is 8.84. The highest BCUT2D eigenvalue weighted by molar-refractivity contribution is 5.64. The Morgan fingerprint density at radius 1 is 0.806 bits per heavy atom. The fourth-order valence-corrected chi connectivity index (χ4v) is 6.01. The summed E-state index contributed by atoms with van der Waals surface area (Å²) in [6, 6.07) is 15.8. The summed E-state index contributed by atoms with van der Waals surface area (Å²) < 4.78 is 29.1. The molecule has 3 heteroatoms. The third kappa shape index (κ3) is 5.87. The van der Waals surface area contributed by atoms with Crippen molar-refractivity contribution in [2.24, 2.45) is 17.8 Å². The second-order valence-corrected chi connectivity index (χ2v) is 9.73. The van der Waals surface area contributed by atoms with E-state index >= 15 is 0 Å². The van der Waals surface area contributed by atoms with Crippen LogP contribution in [0, 0.1) is 17.8 Å². The zero-order chi connectivity index (χ0) is 21.6. The van der Waals surface area contributed by atoms with Crippen molar-refractivity contribution in [3.05, 3.63) is 54.1 Å². The molecule has 2 aromatic carbocycles. The minimum Gasteiger partial charge on any atom is -0.435 e. The largest absolute Gasteiger partial charge is 0.435 e. The second kappa shape index (κ2) is 10.6. The lowest BCUT2D eigenvalue weighted by Crippen LogP contribution is -2.30. The van der Waals surface area contributed by atoms with Gasteiger partial charge < -0.3 is 4.74 Å². The van der Waals surface area contributed by atoms with Gasteiger partial charge in [-0.15, -0.1) is 0 Å². The van der Waals surface area contributed by atoms with E-state index < -0.39 is 6.61 Å². The molecule has 2 fully saturated rings. The molecule has 4 unspecified atom stereocenters. The van der Waals surface area contributed by atoms with Crippen molar-refractivity contribution in [3.63, 3.8) is 0 Å². The summed E-state index contributed by atoms with van der Waals surface area (Å²) in [7, 11) is 0. The number of unbranched alkanes of at least 4 members (excludes halogenated alkanes) is 2. The first kappa shape index (κ1) is 22.3. The summed E-state index contributed by atoms with van der Waals surface area (Å²) >= 11 is 0. The highest BCUT2D eigenvalue weighted by Gasteiger charge is 2.35. The summed E-state index contributed by atoms with van der Waals surface area (Å²) in [4.78, 5) is 0. The fraction of sp³-hybridized carbons (Fsp3) is 0.571. The third-order valence-electron chi connectivity index (χ3n) is 7.73. The molecule has 31 heavy (non-hydrogen) atoms. The molecule has 2 aliphatic carbocycles. The van der Waals surface area contributed by atoms with E-state index in [1.54, 1.807) is 12.1 Å². The van der Waals surface area contributed by atoms with Crippen LogP contribution in [0.1, 0.15) is 82.6 Å². The molecule has 0 saturated heterocycles. The van der Waals surface area contributed by atoms with Gasteiger partial charge in [0.25, 0.3) is 0 Å². The van der Waals surface area contributed by atoms with Crippen LogP contribution < -0.4 is 4.74 Å². The predicted molar refractivity (Wildman–Crippen MR) is 124 cm³/mol. The number of halogens is 2. The van der Waals surface area contributed by atoms with Gasteiger partial charge in [0.1, 0.15) is 5.75 Å². The molecule has 0 aromatic heterocycles. The molecular formula is C28H36F2O. The van der Waals surface area contributed by atoms with E-state index in [1.165, 1.54) is 69.8 Å². The number of fused-ring (bicyclic) bond motifs is 1. The van der Waals surface area contributed by atoms with Gasteiger partial charge in [-0.2, -0.15) is 8.78 Å². The molecule has 1 nitrogen and oxygen atoms in total. The molecule has 0 N–H and O–H groups in total. The molecule has 0 heterocycles. The molecule has 0 radical (unpaired) electrons. The van der Waals surface area contributed by atoms with Crippen molar-refractivity contribution >= 4 is 0 Å². The standard InChI is InChI=1S/C28H36F2O/c1-2-3-4-5-20-6-7-26-19-25(13-12-24(26)18-20)23-10-8-21(9-11-23)22-14-16-27(17-15-22)31-28(29)30/h8-11,14-17,20,24-26,28H,2-7,12-13,18-19H2,1H3. The Bertz CT molecular complexity index is 799. The lowest BCUT2D eigenvalue weighted by Gasteiger charge is -2.42. The maximum Gasteiger partial charge on any atom is 0.387 e. The molecule has 2 aromatic rings. The molecule has 0 spiro atoms. The first-order chi connectivity index (χ1) is 15.1. The first-order valence-electron chi connectivity index (χ1n) is 12.3. The average Bonchev–Trinajstić information content (AvgIpc) is 2.79. The highest BCUT2D eigenvalue weighted by atomic mass is 19.3. The van der Waals surface area contributed by atoms with Gasteiger partial charge in [-0.3, -0.25) is 0 Å². The Morgan fingerprint density at radius 3 is 2.13 bits per heavy atom. The second-order valence-electron chi connectivity index (χ2n) is 9.73. The van der Waals surface area contributed by atoms with Crippen LogP contribution in [-0.2, 0) is 0 Å². The van der Waals surface area contributed by atoms with Gasteiger partial charge in [-0.1, -0.05) is 75.4 Å².